The molecule has 0 unspecified atom stereocenters. The molecule has 0 N–H and O–H groups in total. The summed E-state index contributed by atoms with van der Waals surface area (Å²) in [6.07, 6.45) is 1.03. The van der Waals surface area contributed by atoms with Gasteiger partial charge in [-0.15, -0.1) is 5.10 Å². The van der Waals surface area contributed by atoms with Crippen LogP contribution >= 0.6 is 24.2 Å². The quantitative estimate of drug-likeness (QED) is 0.676. The number of rotatable bonds is 3. The summed E-state index contributed by atoms with van der Waals surface area (Å²) in [5.41, 5.74) is 2.28. The second kappa shape index (κ2) is 6.95. The summed E-state index contributed by atoms with van der Waals surface area (Å²) in [4.78, 5) is 11.9. The van der Waals surface area contributed by atoms with Gasteiger partial charge in [0.2, 0.25) is 0 Å². The first-order valence-electron chi connectivity index (χ1n) is 9.11. The molecular weight excluding hydrogens is 380 g/mol. The number of hydrogen-bond donors (Lipinski definition) is 1. The van der Waals surface area contributed by atoms with Crippen LogP contribution in [0, 0.1) is 0 Å². The third kappa shape index (κ3) is 3.62. The van der Waals surface area contributed by atoms with Crippen LogP contribution in [0.25, 0.3) is 11.2 Å². The summed E-state index contributed by atoms with van der Waals surface area (Å²) < 4.78 is 1.81. The summed E-state index contributed by atoms with van der Waals surface area (Å²) in [6, 6.07) is 7.77. The molecule has 0 amide bonds. The zero-order valence-electron chi connectivity index (χ0n) is 15.7. The number of fused-ring (bicyclic) bond motifs is 1. The van der Waals surface area contributed by atoms with Gasteiger partial charge in [-0.2, -0.15) is 12.6 Å². The molecule has 1 aliphatic rings. The third-order valence-corrected chi connectivity index (χ3v) is 5.55. The van der Waals surface area contributed by atoms with Gasteiger partial charge in [0, 0.05) is 28.8 Å². The molecule has 1 fully saturated rings. The van der Waals surface area contributed by atoms with E-state index in [-0.39, 0.29) is 5.41 Å². The zero-order valence-corrected chi connectivity index (χ0v) is 17.4. The molecule has 27 heavy (non-hydrogen) atoms. The summed E-state index contributed by atoms with van der Waals surface area (Å²) in [5.74, 6) is 1.64. The van der Waals surface area contributed by atoms with Gasteiger partial charge in [0.1, 0.15) is 5.82 Å². The van der Waals surface area contributed by atoms with Crippen molar-refractivity contribution in [2.45, 2.75) is 44.4 Å². The van der Waals surface area contributed by atoms with E-state index < -0.39 is 0 Å². The Morgan fingerprint density at radius 1 is 1.22 bits per heavy atom. The Bertz CT molecular complexity index is 980. The van der Waals surface area contributed by atoms with Crippen molar-refractivity contribution in [3.63, 3.8) is 0 Å². The van der Waals surface area contributed by atoms with Crippen molar-refractivity contribution < 1.29 is 0 Å². The SMILES string of the molecule is CC(C)(C)c1nc(N2CC[C@@H](S)C2)c2nnn(Cc3ccccc3Cl)c2n1. The predicted octanol–water partition coefficient (Wildman–Crippen LogP) is 3.73. The molecule has 0 bridgehead atoms. The van der Waals surface area contributed by atoms with Gasteiger partial charge in [-0.3, -0.25) is 0 Å². The number of thiol groups is 1. The highest BCUT2D eigenvalue weighted by molar-refractivity contribution is 7.81. The average Bonchev–Trinajstić information content (AvgIpc) is 3.22. The number of hydrogen-bond acceptors (Lipinski definition) is 6. The highest BCUT2D eigenvalue weighted by Crippen LogP contribution is 2.30. The van der Waals surface area contributed by atoms with E-state index in [9.17, 15) is 0 Å². The van der Waals surface area contributed by atoms with Crippen molar-refractivity contribution in [3.8, 4) is 0 Å². The van der Waals surface area contributed by atoms with Crippen molar-refractivity contribution >= 4 is 41.2 Å². The van der Waals surface area contributed by atoms with Crippen molar-refractivity contribution in [3.05, 3.63) is 40.7 Å². The topological polar surface area (TPSA) is 59.7 Å². The first-order chi connectivity index (χ1) is 12.8. The van der Waals surface area contributed by atoms with Crippen LogP contribution in [0.4, 0.5) is 5.82 Å². The van der Waals surface area contributed by atoms with E-state index in [4.69, 9.17) is 21.6 Å². The number of benzene rings is 1. The van der Waals surface area contributed by atoms with Crippen molar-refractivity contribution in [2.75, 3.05) is 18.0 Å². The van der Waals surface area contributed by atoms with Gasteiger partial charge in [0.25, 0.3) is 0 Å². The third-order valence-electron chi connectivity index (χ3n) is 4.76. The lowest BCUT2D eigenvalue weighted by molar-refractivity contribution is 0.545. The molecule has 1 aliphatic heterocycles. The van der Waals surface area contributed by atoms with E-state index in [1.165, 1.54) is 0 Å². The van der Waals surface area contributed by atoms with Crippen LogP contribution in [0.2, 0.25) is 5.02 Å². The summed E-state index contributed by atoms with van der Waals surface area (Å²) in [5, 5.41) is 9.85. The highest BCUT2D eigenvalue weighted by atomic mass is 35.5. The van der Waals surface area contributed by atoms with E-state index in [0.717, 1.165) is 47.9 Å². The van der Waals surface area contributed by atoms with E-state index in [0.29, 0.717) is 16.8 Å². The molecule has 0 radical (unpaired) electrons. The van der Waals surface area contributed by atoms with Gasteiger partial charge in [0.05, 0.1) is 6.54 Å². The van der Waals surface area contributed by atoms with Crippen LogP contribution in [-0.2, 0) is 12.0 Å². The number of nitrogens with zero attached hydrogens (tertiary/aromatic N) is 6. The molecule has 0 saturated carbocycles. The standard InChI is InChI=1S/C19H23ClN6S/c1-19(2,3)18-21-16(25-9-8-13(27)11-25)15-17(22-18)26(24-23-15)10-12-6-4-5-7-14(12)20/h4-7,13,27H,8-11H2,1-3H3/t13-/m1/s1. The molecule has 6 nitrogen and oxygen atoms in total. The molecule has 3 aromatic rings. The van der Waals surface area contributed by atoms with Crippen LogP contribution in [-0.4, -0.2) is 43.3 Å². The molecule has 8 heteroatoms. The lowest BCUT2D eigenvalue weighted by Gasteiger charge is -2.22. The Morgan fingerprint density at radius 2 is 2.00 bits per heavy atom. The molecule has 1 aromatic carbocycles. The van der Waals surface area contributed by atoms with Crippen LogP contribution in [0.1, 0.15) is 38.6 Å². The summed E-state index contributed by atoms with van der Waals surface area (Å²) in [7, 11) is 0. The summed E-state index contributed by atoms with van der Waals surface area (Å²) >= 11 is 11.0. The van der Waals surface area contributed by atoms with Crippen LogP contribution in [0.15, 0.2) is 24.3 Å². The number of aromatic nitrogens is 5. The number of halogens is 1. The van der Waals surface area contributed by atoms with E-state index in [1.807, 2.05) is 28.9 Å². The Balaban J connectivity index is 1.84. The van der Waals surface area contributed by atoms with Gasteiger partial charge in [-0.25, -0.2) is 14.6 Å². The fourth-order valence-corrected chi connectivity index (χ4v) is 3.73. The minimum Gasteiger partial charge on any atom is -0.353 e. The maximum Gasteiger partial charge on any atom is 0.184 e. The zero-order chi connectivity index (χ0) is 19.2. The number of anilines is 1. The molecule has 2 aromatic heterocycles. The predicted molar refractivity (Wildman–Crippen MR) is 112 cm³/mol. The van der Waals surface area contributed by atoms with Crippen LogP contribution in [0.3, 0.4) is 0 Å². The van der Waals surface area contributed by atoms with Crippen LogP contribution in [0.5, 0.6) is 0 Å². The molecule has 1 saturated heterocycles. The van der Waals surface area contributed by atoms with Crippen molar-refractivity contribution in [2.24, 2.45) is 0 Å². The monoisotopic (exact) mass is 402 g/mol. The van der Waals surface area contributed by atoms with E-state index in [1.54, 1.807) is 0 Å². The molecule has 1 atom stereocenters. The first-order valence-corrected chi connectivity index (χ1v) is 10.0. The molecule has 3 heterocycles. The smallest absolute Gasteiger partial charge is 0.184 e. The van der Waals surface area contributed by atoms with Gasteiger partial charge in [-0.1, -0.05) is 55.8 Å². The summed E-state index contributed by atoms with van der Waals surface area (Å²) in [6.45, 7) is 8.64. The van der Waals surface area contributed by atoms with Gasteiger partial charge in [0.15, 0.2) is 17.0 Å². The molecule has 142 valence electrons. The highest BCUT2D eigenvalue weighted by Gasteiger charge is 2.28. The molecule has 0 aliphatic carbocycles. The van der Waals surface area contributed by atoms with E-state index >= 15 is 0 Å². The van der Waals surface area contributed by atoms with Crippen molar-refractivity contribution in [1.29, 1.82) is 0 Å². The Kier molecular flexibility index (Phi) is 4.76. The second-order valence-corrected chi connectivity index (χ2v) is 9.16. The minimum absolute atomic E-state index is 0.178. The molecule has 0 spiro atoms. The normalized spacial score (nSPS) is 17.8. The maximum atomic E-state index is 6.34. The Hall–Kier alpha value is -1.86. The Morgan fingerprint density at radius 3 is 2.67 bits per heavy atom. The average molecular weight is 403 g/mol. The molecular formula is C19H23ClN6S. The van der Waals surface area contributed by atoms with E-state index in [2.05, 4.69) is 48.6 Å². The second-order valence-electron chi connectivity index (χ2n) is 8.02. The van der Waals surface area contributed by atoms with Crippen molar-refractivity contribution in [1.82, 2.24) is 25.0 Å². The van der Waals surface area contributed by atoms with Gasteiger partial charge in [-0.05, 0) is 18.1 Å². The maximum absolute atomic E-state index is 6.34. The molecule has 4 rings (SSSR count). The lowest BCUT2D eigenvalue weighted by Crippen LogP contribution is -2.25. The fourth-order valence-electron chi connectivity index (χ4n) is 3.23. The minimum atomic E-state index is -0.178. The van der Waals surface area contributed by atoms with Crippen LogP contribution < -0.4 is 4.90 Å². The first kappa shape index (κ1) is 18.5. The van der Waals surface area contributed by atoms with Gasteiger partial charge >= 0.3 is 0 Å². The fraction of sp³-hybridized carbons (Fsp3) is 0.474. The lowest BCUT2D eigenvalue weighted by atomic mass is 9.96. The Labute approximate surface area is 169 Å². The van der Waals surface area contributed by atoms with Gasteiger partial charge < -0.3 is 4.90 Å². The largest absolute Gasteiger partial charge is 0.353 e.